The number of rotatable bonds is 8. The number of hydrogen-bond acceptors (Lipinski definition) is 5. The number of carbonyl (C=O) groups excluding carboxylic acids is 1. The first kappa shape index (κ1) is 20.0. The molecule has 7 nitrogen and oxygen atoms in total. The van der Waals surface area contributed by atoms with Crippen LogP contribution < -0.4 is 14.8 Å². The summed E-state index contributed by atoms with van der Waals surface area (Å²) in [4.78, 5) is 16.7. The van der Waals surface area contributed by atoms with Gasteiger partial charge in [0.15, 0.2) is 6.61 Å². The number of fused-ring (bicyclic) bond motifs is 1. The molecule has 0 radical (unpaired) electrons. The smallest absolute Gasteiger partial charge is 0.262 e. The molecule has 0 aliphatic heterocycles. The van der Waals surface area contributed by atoms with E-state index >= 15 is 0 Å². The highest BCUT2D eigenvalue weighted by molar-refractivity contribution is 5.92. The first-order valence-corrected chi connectivity index (χ1v) is 9.73. The molecule has 4 aromatic rings. The second-order valence-electron chi connectivity index (χ2n) is 6.83. The van der Waals surface area contributed by atoms with Gasteiger partial charge in [-0.3, -0.25) is 4.79 Å². The standard InChI is InChI=1S/C24H20N4O3/c25-12-11-18-7-9-21(10-8-18)31-17-24(29)27-19-4-3-5-22(14-19)30-16-20-15-28-13-2-1-6-23(28)26-20/h1-10,13-15H,11,16-17H2,(H,27,29). The van der Waals surface area contributed by atoms with Crippen LogP contribution in [0.15, 0.2) is 79.1 Å². The Morgan fingerprint density at radius 1 is 1.03 bits per heavy atom. The van der Waals surface area contributed by atoms with Crippen LogP contribution in [0, 0.1) is 11.3 Å². The summed E-state index contributed by atoms with van der Waals surface area (Å²) in [6, 6.07) is 22.2. The molecule has 31 heavy (non-hydrogen) atoms. The van der Waals surface area contributed by atoms with Crippen molar-refractivity contribution in [1.82, 2.24) is 9.38 Å². The Kier molecular flexibility index (Phi) is 6.10. The average Bonchev–Trinajstić information content (AvgIpc) is 3.21. The van der Waals surface area contributed by atoms with E-state index in [-0.39, 0.29) is 12.5 Å². The minimum atomic E-state index is -0.279. The fourth-order valence-corrected chi connectivity index (χ4v) is 3.02. The quantitative estimate of drug-likeness (QED) is 0.473. The molecule has 0 saturated heterocycles. The van der Waals surface area contributed by atoms with Crippen LogP contribution in [0.2, 0.25) is 0 Å². The van der Waals surface area contributed by atoms with E-state index in [0.29, 0.717) is 30.2 Å². The number of pyridine rings is 1. The molecule has 4 rings (SSSR count). The summed E-state index contributed by atoms with van der Waals surface area (Å²) in [5.74, 6) is 0.920. The zero-order valence-corrected chi connectivity index (χ0v) is 16.7. The summed E-state index contributed by atoms with van der Waals surface area (Å²) in [5, 5.41) is 11.5. The lowest BCUT2D eigenvalue weighted by molar-refractivity contribution is -0.118. The Balaban J connectivity index is 1.29. The number of aromatic nitrogens is 2. The number of amides is 1. The summed E-state index contributed by atoms with van der Waals surface area (Å²) in [6.07, 6.45) is 4.20. The Bertz CT molecular complexity index is 1190. The van der Waals surface area contributed by atoms with E-state index in [2.05, 4.69) is 16.4 Å². The van der Waals surface area contributed by atoms with Crippen molar-refractivity contribution in [1.29, 1.82) is 5.26 Å². The second-order valence-corrected chi connectivity index (χ2v) is 6.83. The number of carbonyl (C=O) groups is 1. The lowest BCUT2D eigenvalue weighted by Crippen LogP contribution is -2.20. The molecule has 154 valence electrons. The van der Waals surface area contributed by atoms with Crippen LogP contribution in [0.3, 0.4) is 0 Å². The summed E-state index contributed by atoms with van der Waals surface area (Å²) >= 11 is 0. The molecule has 0 fully saturated rings. The van der Waals surface area contributed by atoms with Crippen molar-refractivity contribution < 1.29 is 14.3 Å². The van der Waals surface area contributed by atoms with Crippen LogP contribution in [-0.4, -0.2) is 21.9 Å². The van der Waals surface area contributed by atoms with Crippen molar-refractivity contribution in [3.05, 3.63) is 90.4 Å². The van der Waals surface area contributed by atoms with Gasteiger partial charge in [0.1, 0.15) is 23.8 Å². The maximum absolute atomic E-state index is 12.2. The number of nitrogens with one attached hydrogen (secondary N) is 1. The number of anilines is 1. The van der Waals surface area contributed by atoms with Crippen molar-refractivity contribution in [2.75, 3.05) is 11.9 Å². The van der Waals surface area contributed by atoms with E-state index in [4.69, 9.17) is 14.7 Å². The number of nitriles is 1. The van der Waals surface area contributed by atoms with E-state index in [0.717, 1.165) is 16.9 Å². The van der Waals surface area contributed by atoms with E-state index in [1.165, 1.54) is 0 Å². The first-order chi connectivity index (χ1) is 15.2. The zero-order chi connectivity index (χ0) is 21.5. The van der Waals surface area contributed by atoms with Crippen molar-refractivity contribution in [3.8, 4) is 17.6 Å². The second kappa shape index (κ2) is 9.46. The van der Waals surface area contributed by atoms with Crippen LogP contribution in [0.1, 0.15) is 11.3 Å². The summed E-state index contributed by atoms with van der Waals surface area (Å²) in [5.41, 5.74) is 3.20. The Labute approximate surface area is 179 Å². The highest BCUT2D eigenvalue weighted by atomic mass is 16.5. The van der Waals surface area contributed by atoms with Crippen LogP contribution >= 0.6 is 0 Å². The van der Waals surface area contributed by atoms with Gasteiger partial charge in [-0.05, 0) is 42.0 Å². The fourth-order valence-electron chi connectivity index (χ4n) is 3.02. The first-order valence-electron chi connectivity index (χ1n) is 9.73. The average molecular weight is 412 g/mol. The number of ether oxygens (including phenoxy) is 2. The number of hydrogen-bond donors (Lipinski definition) is 1. The minimum absolute atomic E-state index is 0.121. The monoisotopic (exact) mass is 412 g/mol. The van der Waals surface area contributed by atoms with Gasteiger partial charge in [-0.2, -0.15) is 5.26 Å². The highest BCUT2D eigenvalue weighted by Gasteiger charge is 2.06. The fraction of sp³-hybridized carbons (Fsp3) is 0.125. The van der Waals surface area contributed by atoms with E-state index in [9.17, 15) is 4.79 Å². The van der Waals surface area contributed by atoms with Gasteiger partial charge in [0, 0.05) is 24.1 Å². The number of nitrogens with zero attached hydrogens (tertiary/aromatic N) is 3. The molecule has 2 heterocycles. The third-order valence-electron chi connectivity index (χ3n) is 4.49. The molecule has 0 unspecified atom stereocenters. The topological polar surface area (TPSA) is 88.6 Å². The van der Waals surface area contributed by atoms with Crippen LogP contribution in [-0.2, 0) is 17.8 Å². The molecule has 0 atom stereocenters. The summed E-state index contributed by atoms with van der Waals surface area (Å²) in [6.45, 7) is 0.202. The zero-order valence-electron chi connectivity index (χ0n) is 16.7. The molecule has 7 heteroatoms. The summed E-state index contributed by atoms with van der Waals surface area (Å²) < 4.78 is 13.3. The van der Waals surface area contributed by atoms with Gasteiger partial charge in [0.2, 0.25) is 0 Å². The lowest BCUT2D eigenvalue weighted by atomic mass is 10.2. The highest BCUT2D eigenvalue weighted by Crippen LogP contribution is 2.19. The van der Waals surface area contributed by atoms with Gasteiger partial charge < -0.3 is 19.2 Å². The third-order valence-corrected chi connectivity index (χ3v) is 4.49. The summed E-state index contributed by atoms with van der Waals surface area (Å²) in [7, 11) is 0. The van der Waals surface area contributed by atoms with Crippen molar-refractivity contribution in [2.45, 2.75) is 13.0 Å². The van der Waals surface area contributed by atoms with Gasteiger partial charge in [-0.15, -0.1) is 0 Å². The molecule has 0 aliphatic carbocycles. The van der Waals surface area contributed by atoms with Gasteiger partial charge in [-0.25, -0.2) is 4.98 Å². The Morgan fingerprint density at radius 3 is 2.71 bits per heavy atom. The molecule has 1 amide bonds. The normalized spacial score (nSPS) is 10.4. The third kappa shape index (κ3) is 5.40. The molecule has 0 aliphatic rings. The van der Waals surface area contributed by atoms with Crippen molar-refractivity contribution in [3.63, 3.8) is 0 Å². The van der Waals surface area contributed by atoms with E-state index in [1.54, 1.807) is 36.4 Å². The maximum atomic E-state index is 12.2. The van der Waals surface area contributed by atoms with E-state index < -0.39 is 0 Å². The SMILES string of the molecule is N#CCc1ccc(OCC(=O)Nc2cccc(OCc3cn4ccccc4n3)c2)cc1. The van der Waals surface area contributed by atoms with Gasteiger partial charge in [0.05, 0.1) is 18.2 Å². The number of benzene rings is 2. The van der Waals surface area contributed by atoms with E-state index in [1.807, 2.05) is 47.1 Å². The van der Waals surface area contributed by atoms with Gasteiger partial charge >= 0.3 is 0 Å². The Morgan fingerprint density at radius 2 is 1.90 bits per heavy atom. The predicted molar refractivity (Wildman–Crippen MR) is 116 cm³/mol. The van der Waals surface area contributed by atoms with Crippen molar-refractivity contribution >= 4 is 17.2 Å². The molecule has 0 spiro atoms. The molecular formula is C24H20N4O3. The van der Waals surface area contributed by atoms with Gasteiger partial charge in [-0.1, -0.05) is 24.3 Å². The van der Waals surface area contributed by atoms with Crippen LogP contribution in [0.4, 0.5) is 5.69 Å². The van der Waals surface area contributed by atoms with Gasteiger partial charge in [0.25, 0.3) is 5.91 Å². The molecule has 1 N–H and O–H groups in total. The Hall–Kier alpha value is -4.31. The molecule has 0 bridgehead atoms. The minimum Gasteiger partial charge on any atom is -0.487 e. The lowest BCUT2D eigenvalue weighted by Gasteiger charge is -2.10. The van der Waals surface area contributed by atoms with Crippen LogP contribution in [0.25, 0.3) is 5.65 Å². The number of imidazole rings is 1. The molecular weight excluding hydrogens is 392 g/mol. The maximum Gasteiger partial charge on any atom is 0.262 e. The predicted octanol–water partition coefficient (Wildman–Crippen LogP) is 4.00. The van der Waals surface area contributed by atoms with Crippen molar-refractivity contribution in [2.24, 2.45) is 0 Å². The molecule has 0 saturated carbocycles. The molecule has 2 aromatic carbocycles. The van der Waals surface area contributed by atoms with Crippen LogP contribution in [0.5, 0.6) is 11.5 Å². The molecule has 2 aromatic heterocycles. The largest absolute Gasteiger partial charge is 0.487 e.